The van der Waals surface area contributed by atoms with E-state index in [9.17, 15) is 4.79 Å². The van der Waals surface area contributed by atoms with Crippen molar-refractivity contribution >= 4 is 17.2 Å². The molecule has 0 radical (unpaired) electrons. The summed E-state index contributed by atoms with van der Waals surface area (Å²) in [5.41, 5.74) is 1.13. The molecule has 0 aliphatic carbocycles. The van der Waals surface area contributed by atoms with Gasteiger partial charge in [0, 0.05) is 17.5 Å². The molecule has 0 aliphatic heterocycles. The quantitative estimate of drug-likeness (QED) is 0.872. The fraction of sp³-hybridized carbons (Fsp3) is 0.667. The van der Waals surface area contributed by atoms with Crippen LogP contribution >= 0.6 is 11.3 Å². The summed E-state index contributed by atoms with van der Waals surface area (Å²) in [6.07, 6.45) is 1.54. The van der Waals surface area contributed by atoms with Crippen LogP contribution in [0.4, 0.5) is 0 Å². The highest BCUT2D eigenvalue weighted by Crippen LogP contribution is 2.25. The summed E-state index contributed by atoms with van der Waals surface area (Å²) in [5.74, 6) is -0.0267. The number of aliphatic hydroxyl groups is 1. The summed E-state index contributed by atoms with van der Waals surface area (Å²) in [7, 11) is 0. The molecule has 0 saturated heterocycles. The Kier molecular flexibility index (Phi) is 5.56. The zero-order valence-corrected chi connectivity index (χ0v) is 13.4. The minimum absolute atomic E-state index is 0.0162. The summed E-state index contributed by atoms with van der Waals surface area (Å²) in [5, 5.41) is 12.2. The molecule has 0 aliphatic rings. The molecule has 0 bridgehead atoms. The molecular weight excluding hydrogens is 258 g/mol. The van der Waals surface area contributed by atoms with Crippen LogP contribution in [0.15, 0.2) is 6.07 Å². The molecular formula is C15H25NO2S. The van der Waals surface area contributed by atoms with Crippen LogP contribution in [0.3, 0.4) is 0 Å². The molecule has 1 rings (SSSR count). The van der Waals surface area contributed by atoms with Crippen molar-refractivity contribution in [3.8, 4) is 0 Å². The average molecular weight is 283 g/mol. The molecule has 1 heterocycles. The number of carbonyl (C=O) groups excluding carboxylic acids is 1. The van der Waals surface area contributed by atoms with Gasteiger partial charge < -0.3 is 10.4 Å². The maximum atomic E-state index is 12.3. The van der Waals surface area contributed by atoms with E-state index in [-0.39, 0.29) is 24.0 Å². The first kappa shape index (κ1) is 16.2. The lowest BCUT2D eigenvalue weighted by Crippen LogP contribution is -2.44. The molecule has 0 aromatic carbocycles. The van der Waals surface area contributed by atoms with Crippen molar-refractivity contribution in [2.24, 2.45) is 5.41 Å². The average Bonchev–Trinajstić information content (AvgIpc) is 2.68. The number of hydrogen-bond acceptors (Lipinski definition) is 3. The van der Waals surface area contributed by atoms with Gasteiger partial charge in [-0.1, -0.05) is 27.7 Å². The first-order valence-corrected chi connectivity index (χ1v) is 7.62. The monoisotopic (exact) mass is 283 g/mol. The molecule has 19 heavy (non-hydrogen) atoms. The Balaban J connectivity index is 2.81. The summed E-state index contributed by atoms with van der Waals surface area (Å²) in [6, 6.07) is 1.94. The Bertz CT molecular complexity index is 432. The van der Waals surface area contributed by atoms with Gasteiger partial charge in [-0.2, -0.15) is 0 Å². The molecule has 108 valence electrons. The molecule has 1 aromatic rings. The van der Waals surface area contributed by atoms with E-state index in [1.807, 2.05) is 13.0 Å². The lowest BCUT2D eigenvalue weighted by atomic mass is 9.85. The highest BCUT2D eigenvalue weighted by Gasteiger charge is 2.26. The second-order valence-electron chi connectivity index (χ2n) is 5.97. The lowest BCUT2D eigenvalue weighted by molar-refractivity contribution is 0.0889. The molecule has 3 nitrogen and oxygen atoms in total. The second-order valence-corrected chi connectivity index (χ2v) is 7.11. The fourth-order valence-electron chi connectivity index (χ4n) is 2.06. The van der Waals surface area contributed by atoms with Crippen molar-refractivity contribution in [3.05, 3.63) is 21.4 Å². The van der Waals surface area contributed by atoms with Crippen molar-refractivity contribution in [2.75, 3.05) is 6.61 Å². The third kappa shape index (κ3) is 4.32. The van der Waals surface area contributed by atoms with Crippen molar-refractivity contribution < 1.29 is 9.90 Å². The molecule has 1 amide bonds. The van der Waals surface area contributed by atoms with E-state index in [0.717, 1.165) is 11.3 Å². The van der Waals surface area contributed by atoms with Crippen molar-refractivity contribution in [3.63, 3.8) is 0 Å². The minimum atomic E-state index is -0.0573. The highest BCUT2D eigenvalue weighted by molar-refractivity contribution is 7.14. The van der Waals surface area contributed by atoms with Gasteiger partial charge in [0.1, 0.15) is 0 Å². The number of rotatable bonds is 5. The van der Waals surface area contributed by atoms with E-state index in [4.69, 9.17) is 5.11 Å². The Hall–Kier alpha value is -0.870. The van der Waals surface area contributed by atoms with Crippen LogP contribution in [-0.4, -0.2) is 23.7 Å². The molecule has 1 aromatic heterocycles. The number of aliphatic hydroxyl groups excluding tert-OH is 1. The fourth-order valence-corrected chi connectivity index (χ4v) is 3.08. The van der Waals surface area contributed by atoms with Crippen LogP contribution in [0.1, 0.15) is 54.2 Å². The topological polar surface area (TPSA) is 49.3 Å². The van der Waals surface area contributed by atoms with Gasteiger partial charge in [0.05, 0.1) is 4.88 Å². The van der Waals surface area contributed by atoms with E-state index in [2.05, 4.69) is 33.0 Å². The standard InChI is InChI=1S/C15H25NO2S/c1-6-11-10(2)9-12(19-11)14(18)16-13(7-8-17)15(3,4)5/h9,13,17H,6-8H2,1-5H3,(H,16,18). The third-order valence-electron chi connectivity index (χ3n) is 3.33. The molecule has 2 N–H and O–H groups in total. The van der Waals surface area contributed by atoms with Crippen LogP contribution in [0.25, 0.3) is 0 Å². The summed E-state index contributed by atoms with van der Waals surface area (Å²) >= 11 is 1.56. The smallest absolute Gasteiger partial charge is 0.261 e. The Morgan fingerprint density at radius 2 is 2.11 bits per heavy atom. The predicted octanol–water partition coefficient (Wildman–Crippen LogP) is 3.15. The van der Waals surface area contributed by atoms with Gasteiger partial charge in [0.15, 0.2) is 0 Å². The van der Waals surface area contributed by atoms with Gasteiger partial charge in [-0.15, -0.1) is 11.3 Å². The number of aryl methyl sites for hydroxylation is 2. The zero-order valence-electron chi connectivity index (χ0n) is 12.5. The van der Waals surface area contributed by atoms with Crippen LogP contribution in [-0.2, 0) is 6.42 Å². The highest BCUT2D eigenvalue weighted by atomic mass is 32.1. The maximum absolute atomic E-state index is 12.3. The first-order chi connectivity index (χ1) is 8.79. The normalized spacial score (nSPS) is 13.4. The number of nitrogens with one attached hydrogen (secondary N) is 1. The van der Waals surface area contributed by atoms with Crippen LogP contribution < -0.4 is 5.32 Å². The van der Waals surface area contributed by atoms with Gasteiger partial charge in [0.25, 0.3) is 5.91 Å². The molecule has 1 atom stereocenters. The second kappa shape index (κ2) is 6.53. The number of carbonyl (C=O) groups is 1. The van der Waals surface area contributed by atoms with Gasteiger partial charge in [0.2, 0.25) is 0 Å². The first-order valence-electron chi connectivity index (χ1n) is 6.80. The van der Waals surface area contributed by atoms with Crippen LogP contribution in [0, 0.1) is 12.3 Å². The predicted molar refractivity (Wildman–Crippen MR) is 80.8 cm³/mol. The number of hydrogen-bond donors (Lipinski definition) is 2. The van der Waals surface area contributed by atoms with Gasteiger partial charge in [-0.3, -0.25) is 4.79 Å². The van der Waals surface area contributed by atoms with Gasteiger partial charge >= 0.3 is 0 Å². The Labute approximate surface area is 120 Å². The third-order valence-corrected chi connectivity index (χ3v) is 4.71. The molecule has 0 fully saturated rings. The summed E-state index contributed by atoms with van der Waals surface area (Å²) < 4.78 is 0. The summed E-state index contributed by atoms with van der Waals surface area (Å²) in [4.78, 5) is 14.3. The SMILES string of the molecule is CCc1sc(C(=O)NC(CCO)C(C)(C)C)cc1C. The van der Waals surface area contributed by atoms with E-state index >= 15 is 0 Å². The maximum Gasteiger partial charge on any atom is 0.261 e. The van der Waals surface area contributed by atoms with Gasteiger partial charge in [-0.25, -0.2) is 0 Å². The van der Waals surface area contributed by atoms with E-state index in [1.165, 1.54) is 10.4 Å². The largest absolute Gasteiger partial charge is 0.396 e. The van der Waals surface area contributed by atoms with E-state index < -0.39 is 0 Å². The minimum Gasteiger partial charge on any atom is -0.396 e. The Morgan fingerprint density at radius 3 is 2.53 bits per heavy atom. The molecule has 1 unspecified atom stereocenters. The van der Waals surface area contributed by atoms with Crippen molar-refractivity contribution in [2.45, 2.75) is 53.5 Å². The molecule has 0 saturated carbocycles. The number of thiophene rings is 1. The van der Waals surface area contributed by atoms with E-state index in [0.29, 0.717) is 6.42 Å². The summed E-state index contributed by atoms with van der Waals surface area (Å²) in [6.45, 7) is 10.5. The van der Waals surface area contributed by atoms with Gasteiger partial charge in [-0.05, 0) is 36.8 Å². The van der Waals surface area contributed by atoms with Crippen molar-refractivity contribution in [1.82, 2.24) is 5.32 Å². The van der Waals surface area contributed by atoms with Crippen molar-refractivity contribution in [1.29, 1.82) is 0 Å². The Morgan fingerprint density at radius 1 is 1.47 bits per heavy atom. The molecule has 0 spiro atoms. The van der Waals surface area contributed by atoms with Crippen LogP contribution in [0.2, 0.25) is 0 Å². The number of amides is 1. The zero-order chi connectivity index (χ0) is 14.6. The lowest BCUT2D eigenvalue weighted by Gasteiger charge is -2.30. The molecule has 4 heteroatoms. The van der Waals surface area contributed by atoms with Crippen LogP contribution in [0.5, 0.6) is 0 Å². The van der Waals surface area contributed by atoms with E-state index in [1.54, 1.807) is 11.3 Å².